The van der Waals surface area contributed by atoms with Crippen molar-refractivity contribution in [1.29, 1.82) is 0 Å². The molecule has 0 fully saturated rings. The van der Waals surface area contributed by atoms with Crippen molar-refractivity contribution in [2.45, 2.75) is 65.5 Å². The maximum absolute atomic E-state index is 13.5. The molecule has 33 heavy (non-hydrogen) atoms. The van der Waals surface area contributed by atoms with Crippen LogP contribution in [0, 0.1) is 0 Å². The van der Waals surface area contributed by atoms with Crippen LogP contribution in [-0.2, 0) is 6.18 Å². The Morgan fingerprint density at radius 1 is 1.09 bits per heavy atom. The third kappa shape index (κ3) is 11.1. The van der Waals surface area contributed by atoms with Gasteiger partial charge >= 0.3 is 6.18 Å². The molecule has 9 heteroatoms. The Kier molecular flexibility index (Phi) is 13.8. The summed E-state index contributed by atoms with van der Waals surface area (Å²) in [5.74, 6) is -0.140. The average molecular weight is 506 g/mol. The molecule has 0 aliphatic rings. The van der Waals surface area contributed by atoms with Crippen molar-refractivity contribution in [2.75, 3.05) is 18.6 Å². The second-order valence-electron chi connectivity index (χ2n) is 7.09. The zero-order chi connectivity index (χ0) is 24.7. The molecule has 0 saturated carbocycles. The number of anilines is 1. The molecule has 0 aliphatic heterocycles. The van der Waals surface area contributed by atoms with Gasteiger partial charge in [0.1, 0.15) is 5.75 Å². The number of halogens is 4. The Morgan fingerprint density at radius 2 is 1.79 bits per heavy atom. The first-order chi connectivity index (χ1) is 15.8. The number of thiophene rings is 1. The van der Waals surface area contributed by atoms with Crippen LogP contribution < -0.4 is 21.1 Å². The number of benzene rings is 1. The minimum atomic E-state index is -4.50. The number of ether oxygens (including phenoxy) is 1. The second-order valence-corrected chi connectivity index (χ2v) is 8.80. The van der Waals surface area contributed by atoms with Gasteiger partial charge in [0.05, 0.1) is 33.7 Å². The number of nitrogens with one attached hydrogen (secondary N) is 2. The highest BCUT2D eigenvalue weighted by atomic mass is 35.5. The molecule has 186 valence electrons. The molecule has 0 bridgehead atoms. The second kappa shape index (κ2) is 15.7. The van der Waals surface area contributed by atoms with Crippen LogP contribution in [0.5, 0.6) is 5.75 Å². The van der Waals surface area contributed by atoms with E-state index in [9.17, 15) is 13.2 Å². The van der Waals surface area contributed by atoms with Crippen LogP contribution >= 0.6 is 22.9 Å². The van der Waals surface area contributed by atoms with Gasteiger partial charge < -0.3 is 21.1 Å². The van der Waals surface area contributed by atoms with E-state index in [0.717, 1.165) is 43.0 Å². The summed E-state index contributed by atoms with van der Waals surface area (Å²) < 4.78 is 46.5. The van der Waals surface area contributed by atoms with Gasteiger partial charge in [0.25, 0.3) is 0 Å². The monoisotopic (exact) mass is 505 g/mol. The molecule has 1 aromatic carbocycles. The Labute approximate surface area is 204 Å². The molecular formula is C24H35ClF3N3OS. The van der Waals surface area contributed by atoms with Crippen molar-refractivity contribution in [3.8, 4) is 5.75 Å². The van der Waals surface area contributed by atoms with Gasteiger partial charge in [0.2, 0.25) is 0 Å². The first-order valence-electron chi connectivity index (χ1n) is 11.3. The highest BCUT2D eigenvalue weighted by Gasteiger charge is 2.34. The molecule has 0 saturated heterocycles. The lowest BCUT2D eigenvalue weighted by Crippen LogP contribution is -2.18. The fourth-order valence-electron chi connectivity index (χ4n) is 2.91. The number of unbranched alkanes of at least 4 members (excludes halogenated alkanes) is 5. The molecule has 4 N–H and O–H groups in total. The summed E-state index contributed by atoms with van der Waals surface area (Å²) in [7, 11) is 0. The molecule has 2 rings (SSSR count). The number of rotatable bonds is 13. The Hall–Kier alpha value is -2.06. The predicted octanol–water partition coefficient (Wildman–Crippen LogP) is 8.10. The van der Waals surface area contributed by atoms with E-state index >= 15 is 0 Å². The summed E-state index contributed by atoms with van der Waals surface area (Å²) in [6.45, 7) is 6.62. The first-order valence-corrected chi connectivity index (χ1v) is 12.5. The van der Waals surface area contributed by atoms with Gasteiger partial charge in [-0.25, -0.2) is 0 Å². The maximum atomic E-state index is 13.5. The normalized spacial score (nSPS) is 11.5. The molecule has 1 heterocycles. The van der Waals surface area contributed by atoms with E-state index in [4.69, 9.17) is 22.1 Å². The van der Waals surface area contributed by atoms with Gasteiger partial charge in [0.15, 0.2) is 0 Å². The van der Waals surface area contributed by atoms with Crippen molar-refractivity contribution in [3.05, 3.63) is 51.3 Å². The highest BCUT2D eigenvalue weighted by molar-refractivity contribution is 7.17. The van der Waals surface area contributed by atoms with Crippen LogP contribution in [0.25, 0.3) is 5.70 Å². The third-order valence-electron chi connectivity index (χ3n) is 4.55. The topological polar surface area (TPSA) is 59.3 Å². The van der Waals surface area contributed by atoms with Gasteiger partial charge in [-0.2, -0.15) is 13.2 Å². The van der Waals surface area contributed by atoms with Gasteiger partial charge in [-0.3, -0.25) is 0 Å². The zero-order valence-electron chi connectivity index (χ0n) is 19.5. The van der Waals surface area contributed by atoms with Gasteiger partial charge in [0, 0.05) is 11.9 Å². The number of alkyl halides is 3. The summed E-state index contributed by atoms with van der Waals surface area (Å²) in [6.07, 6.45) is 3.37. The van der Waals surface area contributed by atoms with Gasteiger partial charge in [-0.15, -0.1) is 11.3 Å². The van der Waals surface area contributed by atoms with E-state index in [-0.39, 0.29) is 19.0 Å². The van der Waals surface area contributed by atoms with Crippen molar-refractivity contribution >= 4 is 34.3 Å². The summed E-state index contributed by atoms with van der Waals surface area (Å²) in [6, 6.07) is 7.53. The van der Waals surface area contributed by atoms with E-state index in [1.54, 1.807) is 24.4 Å². The highest BCUT2D eigenvalue weighted by Crippen LogP contribution is 2.38. The molecule has 1 aromatic heterocycles. The van der Waals surface area contributed by atoms with Crippen molar-refractivity contribution in [1.82, 2.24) is 5.32 Å². The molecule has 0 amide bonds. The Morgan fingerprint density at radius 3 is 2.42 bits per heavy atom. The summed E-state index contributed by atoms with van der Waals surface area (Å²) in [4.78, 5) is 0.809. The molecule has 0 radical (unpaired) electrons. The van der Waals surface area contributed by atoms with E-state index in [1.165, 1.54) is 23.8 Å². The minimum absolute atomic E-state index is 0.140. The van der Waals surface area contributed by atoms with Crippen LogP contribution in [0.1, 0.15) is 69.7 Å². The Balaban J connectivity index is 0.00000265. The summed E-state index contributed by atoms with van der Waals surface area (Å²) in [5, 5.41) is 5.83. The number of hydrogen-bond donors (Lipinski definition) is 3. The molecule has 4 nitrogen and oxygen atoms in total. The lowest BCUT2D eigenvalue weighted by atomic mass is 10.1. The van der Waals surface area contributed by atoms with Crippen molar-refractivity contribution in [3.63, 3.8) is 0 Å². The zero-order valence-corrected chi connectivity index (χ0v) is 21.1. The SMILES string of the molecule is CC.CCCCCCCCOc1ccc(NCN/C=C(\N)c2ccc(Cl)s2)cc1C(F)(F)F. The number of nitrogens with two attached hydrogens (primary N) is 1. The summed E-state index contributed by atoms with van der Waals surface area (Å²) >= 11 is 7.22. The lowest BCUT2D eigenvalue weighted by Gasteiger charge is -2.16. The largest absolute Gasteiger partial charge is 0.493 e. The van der Waals surface area contributed by atoms with Crippen molar-refractivity contribution in [2.24, 2.45) is 5.73 Å². The van der Waals surface area contributed by atoms with Gasteiger partial charge in [-0.05, 0) is 36.8 Å². The predicted molar refractivity (Wildman–Crippen MR) is 135 cm³/mol. The fraction of sp³-hybridized carbons (Fsp3) is 0.500. The smallest absolute Gasteiger partial charge is 0.420 e. The third-order valence-corrected chi connectivity index (χ3v) is 5.83. The van der Waals surface area contributed by atoms with E-state index in [1.807, 2.05) is 13.8 Å². The van der Waals surface area contributed by atoms with Crippen LogP contribution in [0.2, 0.25) is 4.34 Å². The summed E-state index contributed by atoms with van der Waals surface area (Å²) in [5.41, 5.74) is 5.98. The molecule has 0 unspecified atom stereocenters. The van der Waals surface area contributed by atoms with Crippen LogP contribution in [-0.4, -0.2) is 13.3 Å². The lowest BCUT2D eigenvalue weighted by molar-refractivity contribution is -0.138. The van der Waals surface area contributed by atoms with Crippen LogP contribution in [0.15, 0.2) is 36.5 Å². The average Bonchev–Trinajstić information content (AvgIpc) is 3.23. The van der Waals surface area contributed by atoms with Crippen molar-refractivity contribution < 1.29 is 17.9 Å². The minimum Gasteiger partial charge on any atom is -0.493 e. The quantitative estimate of drug-likeness (QED) is 0.190. The molecule has 2 aromatic rings. The molecule has 0 spiro atoms. The standard InChI is InChI=1S/C22H29ClF3N3OS.C2H6/c1-2-3-4-5-6-7-12-30-19-9-8-16(13-17(19)22(24,25)26)29-15-28-14-18(27)20-10-11-21(23)31-20;1-2/h8-11,13-14,28-29H,2-7,12,15,27H2,1H3;1-2H3/b18-14-;. The number of hydrogen-bond acceptors (Lipinski definition) is 5. The molecule has 0 atom stereocenters. The Bertz CT molecular complexity index is 841. The van der Waals surface area contributed by atoms with E-state index < -0.39 is 11.7 Å². The van der Waals surface area contributed by atoms with Crippen LogP contribution in [0.4, 0.5) is 18.9 Å². The van der Waals surface area contributed by atoms with Crippen LogP contribution in [0.3, 0.4) is 0 Å². The fourth-order valence-corrected chi connectivity index (χ4v) is 3.88. The maximum Gasteiger partial charge on any atom is 0.420 e. The molecule has 0 aliphatic carbocycles. The van der Waals surface area contributed by atoms with E-state index in [0.29, 0.717) is 15.7 Å². The van der Waals surface area contributed by atoms with E-state index in [2.05, 4.69) is 17.6 Å². The molecular weight excluding hydrogens is 471 g/mol. The first kappa shape index (κ1) is 29.0. The van der Waals surface area contributed by atoms with Gasteiger partial charge in [-0.1, -0.05) is 64.5 Å².